The quantitative estimate of drug-likeness (QED) is 0.488. The van der Waals surface area contributed by atoms with E-state index in [0.717, 1.165) is 22.9 Å². The molecular formula is C28H35N3O4. The number of fused-ring (bicyclic) bond motifs is 3. The van der Waals surface area contributed by atoms with Crippen LogP contribution in [0.1, 0.15) is 50.2 Å². The number of rotatable bonds is 9. The number of para-hydroxylation sites is 1. The summed E-state index contributed by atoms with van der Waals surface area (Å²) < 4.78 is 13.1. The van der Waals surface area contributed by atoms with Crippen LogP contribution in [-0.4, -0.2) is 47.1 Å². The number of amides is 2. The summed E-state index contributed by atoms with van der Waals surface area (Å²) in [7, 11) is 1.60. The fourth-order valence-electron chi connectivity index (χ4n) is 4.69. The number of carbonyl (C=O) groups is 2. The number of hydrogen-bond acceptors (Lipinski definition) is 4. The van der Waals surface area contributed by atoms with E-state index in [-0.39, 0.29) is 18.4 Å². The normalized spacial score (nSPS) is 17.5. The molecule has 0 aliphatic carbocycles. The highest BCUT2D eigenvalue weighted by molar-refractivity contribution is 6.03. The average molecular weight is 478 g/mol. The Hall–Kier alpha value is -3.48. The van der Waals surface area contributed by atoms with Gasteiger partial charge in [0.1, 0.15) is 11.2 Å². The molecule has 2 amide bonds. The van der Waals surface area contributed by atoms with Crippen molar-refractivity contribution in [1.29, 1.82) is 0 Å². The fourth-order valence-corrected chi connectivity index (χ4v) is 4.69. The van der Waals surface area contributed by atoms with E-state index >= 15 is 0 Å². The first-order chi connectivity index (χ1) is 16.8. The highest BCUT2D eigenvalue weighted by Gasteiger charge is 2.47. The lowest BCUT2D eigenvalue weighted by Crippen LogP contribution is -2.63. The number of nitrogens with one attached hydrogen (secondary N) is 1. The Morgan fingerprint density at radius 3 is 2.63 bits per heavy atom. The second-order valence-corrected chi connectivity index (χ2v) is 9.70. The van der Waals surface area contributed by atoms with Gasteiger partial charge in [0.2, 0.25) is 5.91 Å². The first-order valence-electron chi connectivity index (χ1n) is 12.3. The summed E-state index contributed by atoms with van der Waals surface area (Å²) >= 11 is 0. The molecule has 0 saturated carbocycles. The second-order valence-electron chi connectivity index (χ2n) is 9.70. The summed E-state index contributed by atoms with van der Waals surface area (Å²) in [6.45, 7) is 9.79. The van der Waals surface area contributed by atoms with Crippen LogP contribution in [0.25, 0.3) is 10.9 Å². The molecule has 1 aliphatic heterocycles. The lowest BCUT2D eigenvalue weighted by molar-refractivity contribution is -0.133. The predicted octanol–water partition coefficient (Wildman–Crippen LogP) is 4.63. The number of hydrogen-bond donors (Lipinski definition) is 1. The van der Waals surface area contributed by atoms with Crippen molar-refractivity contribution in [1.82, 2.24) is 14.8 Å². The molecule has 186 valence electrons. The lowest BCUT2D eigenvalue weighted by atomic mass is 9.93. The van der Waals surface area contributed by atoms with Crippen LogP contribution >= 0.6 is 0 Å². The van der Waals surface area contributed by atoms with Crippen molar-refractivity contribution in [2.45, 2.75) is 52.7 Å². The lowest BCUT2D eigenvalue weighted by Gasteiger charge is -2.44. The molecule has 35 heavy (non-hydrogen) atoms. The van der Waals surface area contributed by atoms with Crippen molar-refractivity contribution >= 4 is 22.7 Å². The summed E-state index contributed by atoms with van der Waals surface area (Å²) in [6, 6.07) is 15.5. The zero-order valence-corrected chi connectivity index (χ0v) is 21.3. The van der Waals surface area contributed by atoms with E-state index in [1.165, 1.54) is 0 Å². The van der Waals surface area contributed by atoms with Crippen molar-refractivity contribution in [3.8, 4) is 11.5 Å². The number of aromatic nitrogens is 1. The van der Waals surface area contributed by atoms with E-state index in [2.05, 4.69) is 19.2 Å². The summed E-state index contributed by atoms with van der Waals surface area (Å²) in [5.74, 6) is 1.42. The van der Waals surface area contributed by atoms with Crippen LogP contribution in [0, 0.1) is 5.92 Å². The van der Waals surface area contributed by atoms with Gasteiger partial charge >= 0.3 is 0 Å². The highest BCUT2D eigenvalue weighted by Crippen LogP contribution is 2.35. The Kier molecular flexibility index (Phi) is 7.05. The van der Waals surface area contributed by atoms with E-state index in [1.54, 1.807) is 12.0 Å². The topological polar surface area (TPSA) is 72.8 Å². The smallest absolute Gasteiger partial charge is 0.271 e. The molecule has 1 N–H and O–H groups in total. The number of nitrogens with zero attached hydrogens (tertiary/aromatic N) is 2. The Bertz CT molecular complexity index is 1230. The monoisotopic (exact) mass is 477 g/mol. The maximum atomic E-state index is 13.9. The largest absolute Gasteiger partial charge is 0.493 e. The molecule has 0 saturated heterocycles. The SMILES string of the molecule is CCOc1ccc(CN2C(=O)c3cc4ccccc4n3C[C@]2(C)C(=O)NCCC(C)C)cc1OC. The molecule has 7 nitrogen and oxygen atoms in total. The molecule has 3 aromatic rings. The van der Waals surface area contributed by atoms with Crippen molar-refractivity contribution in [2.75, 3.05) is 20.3 Å². The van der Waals surface area contributed by atoms with Crippen LogP contribution in [0.4, 0.5) is 0 Å². The molecule has 0 spiro atoms. The molecule has 4 rings (SSSR count). The third-order valence-corrected chi connectivity index (χ3v) is 6.70. The van der Waals surface area contributed by atoms with E-state index in [0.29, 0.717) is 42.8 Å². The van der Waals surface area contributed by atoms with Crippen LogP contribution in [-0.2, 0) is 17.9 Å². The van der Waals surface area contributed by atoms with Gasteiger partial charge in [0, 0.05) is 24.0 Å². The first kappa shape index (κ1) is 24.6. The minimum absolute atomic E-state index is 0.146. The van der Waals surface area contributed by atoms with Gasteiger partial charge in [0.15, 0.2) is 11.5 Å². The van der Waals surface area contributed by atoms with Gasteiger partial charge in [0.25, 0.3) is 5.91 Å². The van der Waals surface area contributed by atoms with Gasteiger partial charge < -0.3 is 24.3 Å². The molecule has 1 atom stereocenters. The Balaban J connectivity index is 1.73. The Morgan fingerprint density at radius 2 is 1.91 bits per heavy atom. The van der Waals surface area contributed by atoms with E-state index < -0.39 is 5.54 Å². The number of methoxy groups -OCH3 is 1. The van der Waals surface area contributed by atoms with Gasteiger partial charge in [-0.3, -0.25) is 9.59 Å². The van der Waals surface area contributed by atoms with Crippen LogP contribution in [0.15, 0.2) is 48.5 Å². The molecular weight excluding hydrogens is 442 g/mol. The molecule has 1 aromatic heterocycles. The van der Waals surface area contributed by atoms with E-state index in [1.807, 2.05) is 66.9 Å². The van der Waals surface area contributed by atoms with Gasteiger partial charge in [-0.25, -0.2) is 0 Å². The summed E-state index contributed by atoms with van der Waals surface area (Å²) in [5, 5.41) is 4.08. The highest BCUT2D eigenvalue weighted by atomic mass is 16.5. The Labute approximate surface area is 207 Å². The van der Waals surface area contributed by atoms with Gasteiger partial charge in [0.05, 0.1) is 20.3 Å². The maximum absolute atomic E-state index is 13.9. The van der Waals surface area contributed by atoms with Crippen LogP contribution in [0.2, 0.25) is 0 Å². The third-order valence-electron chi connectivity index (χ3n) is 6.70. The van der Waals surface area contributed by atoms with Crippen molar-refractivity contribution in [3.05, 3.63) is 59.8 Å². The molecule has 1 aliphatic rings. The first-order valence-corrected chi connectivity index (χ1v) is 12.3. The molecule has 2 heterocycles. The maximum Gasteiger partial charge on any atom is 0.271 e. The summed E-state index contributed by atoms with van der Waals surface area (Å²) in [5.41, 5.74) is 1.36. The number of carbonyl (C=O) groups excluding carboxylic acids is 2. The standard InChI is InChI=1S/C28H35N3O4/c1-6-35-24-12-11-20(15-25(24)34-5)17-31-26(32)23-16-21-9-7-8-10-22(21)30(23)18-28(31,4)27(33)29-14-13-19(2)3/h7-12,15-16,19H,6,13-14,17-18H2,1-5H3,(H,29,33)/t28-/m1/s1. The molecule has 0 fully saturated rings. The van der Waals surface area contributed by atoms with E-state index in [4.69, 9.17) is 9.47 Å². The average Bonchev–Trinajstić information content (AvgIpc) is 3.21. The van der Waals surface area contributed by atoms with Crippen molar-refractivity contribution in [3.63, 3.8) is 0 Å². The summed E-state index contributed by atoms with van der Waals surface area (Å²) in [6.07, 6.45) is 0.879. The number of ether oxygens (including phenoxy) is 2. The van der Waals surface area contributed by atoms with Crippen LogP contribution in [0.5, 0.6) is 11.5 Å². The van der Waals surface area contributed by atoms with E-state index in [9.17, 15) is 9.59 Å². The van der Waals surface area contributed by atoms with Gasteiger partial charge in [-0.1, -0.05) is 38.1 Å². The summed E-state index contributed by atoms with van der Waals surface area (Å²) in [4.78, 5) is 29.2. The number of benzene rings is 2. The molecule has 0 unspecified atom stereocenters. The zero-order chi connectivity index (χ0) is 25.2. The van der Waals surface area contributed by atoms with Crippen LogP contribution < -0.4 is 14.8 Å². The second kappa shape index (κ2) is 10.0. The molecule has 7 heteroatoms. The van der Waals surface area contributed by atoms with Gasteiger partial charge in [-0.15, -0.1) is 0 Å². The zero-order valence-electron chi connectivity index (χ0n) is 21.3. The Morgan fingerprint density at radius 1 is 1.14 bits per heavy atom. The minimum atomic E-state index is -1.06. The fraction of sp³-hybridized carbons (Fsp3) is 0.429. The predicted molar refractivity (Wildman–Crippen MR) is 137 cm³/mol. The minimum Gasteiger partial charge on any atom is -0.493 e. The van der Waals surface area contributed by atoms with Crippen molar-refractivity contribution in [2.24, 2.45) is 5.92 Å². The third kappa shape index (κ3) is 4.72. The molecule has 0 radical (unpaired) electrons. The van der Waals surface area contributed by atoms with Crippen molar-refractivity contribution < 1.29 is 19.1 Å². The molecule has 2 aromatic carbocycles. The molecule has 0 bridgehead atoms. The van der Waals surface area contributed by atoms with Gasteiger partial charge in [-0.2, -0.15) is 0 Å². The van der Waals surface area contributed by atoms with Crippen LogP contribution in [0.3, 0.4) is 0 Å². The van der Waals surface area contributed by atoms with Gasteiger partial charge in [-0.05, 0) is 56.0 Å².